The van der Waals surface area contributed by atoms with Gasteiger partial charge in [0, 0.05) is 19.4 Å². The van der Waals surface area contributed by atoms with Gasteiger partial charge in [0.2, 0.25) is 0 Å². The average molecular weight is 267 g/mol. The lowest BCUT2D eigenvalue weighted by molar-refractivity contribution is -0.148. The van der Waals surface area contributed by atoms with E-state index in [0.29, 0.717) is 19.4 Å². The number of ether oxygens (including phenoxy) is 1. The molecular formula is C14H18FNO3. The highest BCUT2D eigenvalue weighted by atomic mass is 19.1. The second-order valence-corrected chi connectivity index (χ2v) is 4.85. The van der Waals surface area contributed by atoms with Crippen molar-refractivity contribution in [3.63, 3.8) is 0 Å². The van der Waals surface area contributed by atoms with Crippen molar-refractivity contribution in [2.24, 2.45) is 0 Å². The van der Waals surface area contributed by atoms with Crippen LogP contribution in [0.4, 0.5) is 10.1 Å². The SMILES string of the molecule is CCC1CC(Nc2ccccc2F)(C(=O)O)CCO1. The molecule has 0 aromatic heterocycles. The molecule has 0 radical (unpaired) electrons. The second-order valence-electron chi connectivity index (χ2n) is 4.85. The molecule has 0 amide bonds. The molecule has 5 heteroatoms. The Morgan fingerprint density at radius 3 is 2.95 bits per heavy atom. The Balaban J connectivity index is 2.25. The third-order valence-electron chi connectivity index (χ3n) is 3.57. The zero-order chi connectivity index (χ0) is 13.9. The monoisotopic (exact) mass is 267 g/mol. The fraction of sp³-hybridized carbons (Fsp3) is 0.500. The quantitative estimate of drug-likeness (QED) is 0.880. The van der Waals surface area contributed by atoms with Gasteiger partial charge in [-0.15, -0.1) is 0 Å². The van der Waals surface area contributed by atoms with Gasteiger partial charge in [-0.25, -0.2) is 9.18 Å². The van der Waals surface area contributed by atoms with E-state index in [1.54, 1.807) is 18.2 Å². The van der Waals surface area contributed by atoms with E-state index >= 15 is 0 Å². The van der Waals surface area contributed by atoms with Crippen LogP contribution in [0, 0.1) is 5.82 Å². The first-order chi connectivity index (χ1) is 9.07. The minimum atomic E-state index is -1.15. The van der Waals surface area contributed by atoms with E-state index in [2.05, 4.69) is 5.32 Å². The summed E-state index contributed by atoms with van der Waals surface area (Å²) in [5, 5.41) is 12.4. The van der Waals surface area contributed by atoms with Crippen molar-refractivity contribution in [3.05, 3.63) is 30.1 Å². The number of rotatable bonds is 4. The van der Waals surface area contributed by atoms with Crippen molar-refractivity contribution < 1.29 is 19.0 Å². The molecule has 1 aromatic rings. The van der Waals surface area contributed by atoms with Crippen LogP contribution in [0.1, 0.15) is 26.2 Å². The van der Waals surface area contributed by atoms with Gasteiger partial charge >= 0.3 is 5.97 Å². The standard InChI is InChI=1S/C14H18FNO3/c1-2-10-9-14(13(17)18,7-8-19-10)16-12-6-4-3-5-11(12)15/h3-6,10,16H,2,7-9H2,1H3,(H,17,18). The van der Waals surface area contributed by atoms with E-state index < -0.39 is 17.3 Å². The van der Waals surface area contributed by atoms with Crippen LogP contribution in [0.2, 0.25) is 0 Å². The molecule has 2 unspecified atom stereocenters. The number of benzene rings is 1. The zero-order valence-electron chi connectivity index (χ0n) is 10.9. The van der Waals surface area contributed by atoms with Crippen molar-refractivity contribution in [1.82, 2.24) is 0 Å². The highest BCUT2D eigenvalue weighted by Crippen LogP contribution is 2.31. The smallest absolute Gasteiger partial charge is 0.329 e. The van der Waals surface area contributed by atoms with Crippen LogP contribution in [0.25, 0.3) is 0 Å². The summed E-state index contributed by atoms with van der Waals surface area (Å²) in [4.78, 5) is 11.6. The first kappa shape index (κ1) is 13.8. The van der Waals surface area contributed by atoms with Gasteiger partial charge in [0.15, 0.2) is 0 Å². The number of carbonyl (C=O) groups is 1. The maximum atomic E-state index is 13.7. The predicted molar refractivity (Wildman–Crippen MR) is 69.7 cm³/mol. The van der Waals surface area contributed by atoms with Crippen LogP contribution < -0.4 is 5.32 Å². The first-order valence-corrected chi connectivity index (χ1v) is 6.45. The topological polar surface area (TPSA) is 58.6 Å². The molecule has 0 saturated carbocycles. The highest BCUT2D eigenvalue weighted by molar-refractivity contribution is 5.83. The van der Waals surface area contributed by atoms with Gasteiger partial charge in [-0.1, -0.05) is 19.1 Å². The van der Waals surface area contributed by atoms with Crippen molar-refractivity contribution >= 4 is 11.7 Å². The largest absolute Gasteiger partial charge is 0.480 e. The number of carboxylic acid groups (broad SMARTS) is 1. The van der Waals surface area contributed by atoms with Crippen LogP contribution in [0.5, 0.6) is 0 Å². The Bertz CT molecular complexity index is 466. The molecule has 1 aliphatic rings. The third-order valence-corrected chi connectivity index (χ3v) is 3.57. The van der Waals surface area contributed by atoms with Crippen molar-refractivity contribution in [1.29, 1.82) is 0 Å². The Morgan fingerprint density at radius 1 is 1.58 bits per heavy atom. The van der Waals surface area contributed by atoms with E-state index in [4.69, 9.17) is 4.74 Å². The molecule has 2 rings (SSSR count). The Morgan fingerprint density at radius 2 is 2.32 bits per heavy atom. The molecule has 19 heavy (non-hydrogen) atoms. The van der Waals surface area contributed by atoms with E-state index in [-0.39, 0.29) is 11.8 Å². The minimum Gasteiger partial charge on any atom is -0.480 e. The maximum absolute atomic E-state index is 13.7. The molecule has 2 atom stereocenters. The van der Waals surface area contributed by atoms with Crippen LogP contribution in [0.15, 0.2) is 24.3 Å². The number of halogens is 1. The molecular weight excluding hydrogens is 249 g/mol. The normalized spacial score (nSPS) is 26.9. The number of para-hydroxylation sites is 1. The minimum absolute atomic E-state index is 0.107. The lowest BCUT2D eigenvalue weighted by Gasteiger charge is -2.38. The molecule has 0 bridgehead atoms. The summed E-state index contributed by atoms with van der Waals surface area (Å²) in [6.07, 6.45) is 1.30. The predicted octanol–water partition coefficient (Wildman–Crippen LogP) is 2.65. The van der Waals surface area contributed by atoms with Crippen molar-refractivity contribution in [2.75, 3.05) is 11.9 Å². The third kappa shape index (κ3) is 2.87. The van der Waals surface area contributed by atoms with E-state index in [0.717, 1.165) is 6.42 Å². The molecule has 1 fully saturated rings. The van der Waals surface area contributed by atoms with E-state index in [1.807, 2.05) is 6.92 Å². The molecule has 1 heterocycles. The average Bonchev–Trinajstić information content (AvgIpc) is 2.41. The van der Waals surface area contributed by atoms with Crippen LogP contribution in [-0.2, 0) is 9.53 Å². The fourth-order valence-corrected chi connectivity index (χ4v) is 2.39. The van der Waals surface area contributed by atoms with Gasteiger partial charge < -0.3 is 15.2 Å². The molecule has 4 nitrogen and oxygen atoms in total. The van der Waals surface area contributed by atoms with Crippen LogP contribution >= 0.6 is 0 Å². The van der Waals surface area contributed by atoms with Gasteiger partial charge in [-0.05, 0) is 18.6 Å². The molecule has 1 aromatic carbocycles. The van der Waals surface area contributed by atoms with Gasteiger partial charge in [0.05, 0.1) is 11.8 Å². The molecule has 0 spiro atoms. The summed E-state index contributed by atoms with van der Waals surface area (Å²) in [5.41, 5.74) is -0.928. The lowest BCUT2D eigenvalue weighted by Crippen LogP contribution is -2.53. The lowest BCUT2D eigenvalue weighted by atomic mass is 9.85. The van der Waals surface area contributed by atoms with E-state index in [9.17, 15) is 14.3 Å². The molecule has 1 saturated heterocycles. The Labute approximate surface area is 111 Å². The number of hydrogen-bond acceptors (Lipinski definition) is 3. The summed E-state index contributed by atoms with van der Waals surface area (Å²) in [6.45, 7) is 2.32. The summed E-state index contributed by atoms with van der Waals surface area (Å²) in [5.74, 6) is -1.40. The van der Waals surface area contributed by atoms with Gasteiger partial charge in [0.25, 0.3) is 0 Å². The number of nitrogens with one attached hydrogen (secondary N) is 1. The van der Waals surface area contributed by atoms with Gasteiger partial charge in [-0.2, -0.15) is 0 Å². The van der Waals surface area contributed by atoms with E-state index in [1.165, 1.54) is 6.07 Å². The molecule has 1 aliphatic heterocycles. The second kappa shape index (κ2) is 5.57. The molecule has 0 aliphatic carbocycles. The Kier molecular flexibility index (Phi) is 4.04. The van der Waals surface area contributed by atoms with Crippen molar-refractivity contribution in [2.45, 2.75) is 37.8 Å². The number of carboxylic acids is 1. The first-order valence-electron chi connectivity index (χ1n) is 6.45. The number of hydrogen-bond donors (Lipinski definition) is 2. The molecule has 2 N–H and O–H groups in total. The summed E-state index contributed by atoms with van der Waals surface area (Å²) in [7, 11) is 0. The summed E-state index contributed by atoms with van der Waals surface area (Å²) >= 11 is 0. The van der Waals surface area contributed by atoms with Gasteiger partial charge in [-0.3, -0.25) is 0 Å². The fourth-order valence-electron chi connectivity index (χ4n) is 2.39. The summed E-state index contributed by atoms with van der Waals surface area (Å²) < 4.78 is 19.2. The number of aliphatic carboxylic acids is 1. The maximum Gasteiger partial charge on any atom is 0.329 e. The van der Waals surface area contributed by atoms with Crippen molar-refractivity contribution in [3.8, 4) is 0 Å². The summed E-state index contributed by atoms with van der Waals surface area (Å²) in [6, 6.07) is 6.12. The Hall–Kier alpha value is -1.62. The van der Waals surface area contributed by atoms with Gasteiger partial charge in [0.1, 0.15) is 11.4 Å². The van der Waals surface area contributed by atoms with Crippen LogP contribution in [-0.4, -0.2) is 29.3 Å². The number of anilines is 1. The van der Waals surface area contributed by atoms with Crippen LogP contribution in [0.3, 0.4) is 0 Å². The highest BCUT2D eigenvalue weighted by Gasteiger charge is 2.43. The molecule has 104 valence electrons. The zero-order valence-corrected chi connectivity index (χ0v) is 10.9.